The lowest BCUT2D eigenvalue weighted by Crippen LogP contribution is -2.02. The van der Waals surface area contributed by atoms with Crippen molar-refractivity contribution in [2.45, 2.75) is 20.5 Å². The largest absolute Gasteiger partial charge is 0.493 e. The van der Waals surface area contributed by atoms with Gasteiger partial charge in [-0.25, -0.2) is 0 Å². The van der Waals surface area contributed by atoms with E-state index in [-0.39, 0.29) is 0 Å². The van der Waals surface area contributed by atoms with Crippen LogP contribution in [0, 0.1) is 25.2 Å². The van der Waals surface area contributed by atoms with Crippen LogP contribution in [0.3, 0.4) is 0 Å². The molecule has 2 aromatic rings. The summed E-state index contributed by atoms with van der Waals surface area (Å²) >= 11 is 0. The molecule has 2 rings (SSSR count). The van der Waals surface area contributed by atoms with Crippen molar-refractivity contribution in [1.82, 2.24) is 0 Å². The van der Waals surface area contributed by atoms with Gasteiger partial charge in [0.05, 0.1) is 18.7 Å². The number of nitriles is 1. The van der Waals surface area contributed by atoms with E-state index in [1.54, 1.807) is 25.3 Å². The van der Waals surface area contributed by atoms with Gasteiger partial charge in [0.15, 0.2) is 11.5 Å². The molecule has 0 unspecified atom stereocenters. The topological polar surface area (TPSA) is 42.2 Å². The maximum Gasteiger partial charge on any atom is 0.162 e. The predicted molar refractivity (Wildman–Crippen MR) is 78.0 cm³/mol. The lowest BCUT2D eigenvalue weighted by atomic mass is 10.0. The van der Waals surface area contributed by atoms with Crippen LogP contribution in [0.5, 0.6) is 11.5 Å². The van der Waals surface area contributed by atoms with Gasteiger partial charge < -0.3 is 9.47 Å². The summed E-state index contributed by atoms with van der Waals surface area (Å²) in [6.07, 6.45) is 0. The Bertz CT molecular complexity index is 636. The van der Waals surface area contributed by atoms with Gasteiger partial charge in [-0.15, -0.1) is 0 Å². The van der Waals surface area contributed by atoms with E-state index in [0.717, 1.165) is 0 Å². The fraction of sp³-hybridized carbons (Fsp3) is 0.235. The van der Waals surface area contributed by atoms with E-state index < -0.39 is 0 Å². The summed E-state index contributed by atoms with van der Waals surface area (Å²) in [6.45, 7) is 4.63. The number of hydrogen-bond acceptors (Lipinski definition) is 3. The molecule has 0 spiro atoms. The molecule has 0 amide bonds. The molecule has 0 aromatic heterocycles. The highest BCUT2D eigenvalue weighted by Crippen LogP contribution is 2.29. The molecule has 20 heavy (non-hydrogen) atoms. The maximum absolute atomic E-state index is 8.88. The van der Waals surface area contributed by atoms with Crippen LogP contribution < -0.4 is 9.47 Å². The molecule has 0 saturated carbocycles. The molecule has 0 saturated heterocycles. The average molecular weight is 267 g/mol. The second-order valence-corrected chi connectivity index (χ2v) is 4.64. The lowest BCUT2D eigenvalue weighted by Gasteiger charge is -2.13. The van der Waals surface area contributed by atoms with Crippen molar-refractivity contribution in [2.75, 3.05) is 7.11 Å². The molecule has 0 N–H and O–H groups in total. The van der Waals surface area contributed by atoms with E-state index in [4.69, 9.17) is 14.7 Å². The third kappa shape index (κ3) is 2.92. The summed E-state index contributed by atoms with van der Waals surface area (Å²) in [5.41, 5.74) is 4.15. The minimum Gasteiger partial charge on any atom is -0.493 e. The zero-order valence-electron chi connectivity index (χ0n) is 11.9. The zero-order chi connectivity index (χ0) is 14.5. The number of benzene rings is 2. The molecule has 0 fully saturated rings. The summed E-state index contributed by atoms with van der Waals surface area (Å²) < 4.78 is 11.1. The summed E-state index contributed by atoms with van der Waals surface area (Å²) in [5, 5.41) is 8.88. The number of ether oxygens (including phenoxy) is 2. The fourth-order valence-corrected chi connectivity index (χ4v) is 2.08. The van der Waals surface area contributed by atoms with Crippen molar-refractivity contribution < 1.29 is 9.47 Å². The van der Waals surface area contributed by atoms with E-state index in [9.17, 15) is 0 Å². The van der Waals surface area contributed by atoms with Crippen LogP contribution in [0.4, 0.5) is 0 Å². The van der Waals surface area contributed by atoms with Crippen LogP contribution in [0.25, 0.3) is 0 Å². The first-order valence-corrected chi connectivity index (χ1v) is 6.41. The Labute approximate surface area is 119 Å². The number of methoxy groups -OCH3 is 1. The van der Waals surface area contributed by atoms with Gasteiger partial charge in [-0.2, -0.15) is 5.26 Å². The van der Waals surface area contributed by atoms with Crippen molar-refractivity contribution in [2.24, 2.45) is 0 Å². The molecule has 0 bridgehead atoms. The van der Waals surface area contributed by atoms with Gasteiger partial charge in [0.25, 0.3) is 0 Å². The summed E-state index contributed by atoms with van der Waals surface area (Å²) in [5.74, 6) is 1.23. The molecule has 0 aliphatic heterocycles. The minimum absolute atomic E-state index is 0.487. The normalized spacial score (nSPS) is 9.90. The van der Waals surface area contributed by atoms with Crippen molar-refractivity contribution in [3.63, 3.8) is 0 Å². The third-order valence-electron chi connectivity index (χ3n) is 3.31. The monoisotopic (exact) mass is 267 g/mol. The summed E-state index contributed by atoms with van der Waals surface area (Å²) in [7, 11) is 1.57. The highest BCUT2D eigenvalue weighted by atomic mass is 16.5. The lowest BCUT2D eigenvalue weighted by molar-refractivity contribution is 0.283. The quantitative estimate of drug-likeness (QED) is 0.847. The minimum atomic E-state index is 0.487. The SMILES string of the molecule is COc1cc(C#N)ccc1OCc1c(C)cccc1C. The van der Waals surface area contributed by atoms with Gasteiger partial charge >= 0.3 is 0 Å². The van der Waals surface area contributed by atoms with Gasteiger partial charge in [0.1, 0.15) is 6.61 Å². The number of aryl methyl sites for hydroxylation is 2. The Morgan fingerprint density at radius 2 is 1.75 bits per heavy atom. The average Bonchev–Trinajstić information content (AvgIpc) is 2.46. The van der Waals surface area contributed by atoms with E-state index >= 15 is 0 Å². The van der Waals surface area contributed by atoms with Gasteiger partial charge in [-0.1, -0.05) is 18.2 Å². The fourth-order valence-electron chi connectivity index (χ4n) is 2.08. The molecule has 0 heterocycles. The van der Waals surface area contributed by atoms with E-state index in [1.165, 1.54) is 16.7 Å². The van der Waals surface area contributed by atoms with Crippen LogP contribution in [-0.2, 0) is 6.61 Å². The molecule has 0 radical (unpaired) electrons. The van der Waals surface area contributed by atoms with Gasteiger partial charge in [-0.3, -0.25) is 0 Å². The maximum atomic E-state index is 8.88. The molecule has 3 heteroatoms. The van der Waals surface area contributed by atoms with Gasteiger partial charge in [-0.05, 0) is 42.7 Å². The van der Waals surface area contributed by atoms with Gasteiger partial charge in [0.2, 0.25) is 0 Å². The second kappa shape index (κ2) is 6.12. The van der Waals surface area contributed by atoms with Crippen LogP contribution in [0.2, 0.25) is 0 Å². The van der Waals surface area contributed by atoms with Crippen molar-refractivity contribution >= 4 is 0 Å². The Kier molecular flexibility index (Phi) is 4.27. The van der Waals surface area contributed by atoms with E-state index in [0.29, 0.717) is 23.7 Å². The van der Waals surface area contributed by atoms with Gasteiger partial charge in [0, 0.05) is 6.07 Å². The third-order valence-corrected chi connectivity index (χ3v) is 3.31. The standard InChI is InChI=1S/C17H17NO2/c1-12-5-4-6-13(2)15(12)11-20-16-8-7-14(10-18)9-17(16)19-3/h4-9H,11H2,1-3H3. The van der Waals surface area contributed by atoms with Crippen LogP contribution in [0.1, 0.15) is 22.3 Å². The molecule has 0 aliphatic rings. The Balaban J connectivity index is 2.21. The highest BCUT2D eigenvalue weighted by molar-refractivity contribution is 5.47. The first-order chi connectivity index (χ1) is 9.65. The predicted octanol–water partition coefficient (Wildman–Crippen LogP) is 3.76. The van der Waals surface area contributed by atoms with Crippen molar-refractivity contribution in [1.29, 1.82) is 5.26 Å². The number of nitrogens with zero attached hydrogens (tertiary/aromatic N) is 1. The Morgan fingerprint density at radius 3 is 2.35 bits per heavy atom. The molecular weight excluding hydrogens is 250 g/mol. The second-order valence-electron chi connectivity index (χ2n) is 4.64. The van der Waals surface area contributed by atoms with E-state index in [2.05, 4.69) is 32.0 Å². The Morgan fingerprint density at radius 1 is 1.05 bits per heavy atom. The molecule has 0 atom stereocenters. The highest BCUT2D eigenvalue weighted by Gasteiger charge is 2.08. The summed E-state index contributed by atoms with van der Waals surface area (Å²) in [6, 6.07) is 13.4. The van der Waals surface area contributed by atoms with Crippen LogP contribution >= 0.6 is 0 Å². The molecule has 3 nitrogen and oxygen atoms in total. The molecular formula is C17H17NO2. The van der Waals surface area contributed by atoms with Crippen molar-refractivity contribution in [3.8, 4) is 17.6 Å². The first-order valence-electron chi connectivity index (χ1n) is 6.41. The smallest absolute Gasteiger partial charge is 0.162 e. The number of rotatable bonds is 4. The van der Waals surface area contributed by atoms with E-state index in [1.807, 2.05) is 6.07 Å². The molecule has 2 aromatic carbocycles. The zero-order valence-corrected chi connectivity index (χ0v) is 11.9. The first kappa shape index (κ1) is 14.0. The molecule has 0 aliphatic carbocycles. The van der Waals surface area contributed by atoms with Crippen molar-refractivity contribution in [3.05, 3.63) is 58.7 Å². The van der Waals surface area contributed by atoms with Crippen LogP contribution in [-0.4, -0.2) is 7.11 Å². The molecule has 102 valence electrons. The summed E-state index contributed by atoms with van der Waals surface area (Å²) in [4.78, 5) is 0. The number of hydrogen-bond donors (Lipinski definition) is 0. The Hall–Kier alpha value is -2.47. The van der Waals surface area contributed by atoms with Crippen LogP contribution in [0.15, 0.2) is 36.4 Å².